The molecule has 0 aromatic heterocycles. The minimum atomic E-state index is -0.319. The van der Waals surface area contributed by atoms with Crippen molar-refractivity contribution < 1.29 is 9.53 Å². The van der Waals surface area contributed by atoms with Crippen LogP contribution < -0.4 is 4.74 Å². The highest BCUT2D eigenvalue weighted by Crippen LogP contribution is 2.29. The van der Waals surface area contributed by atoms with Crippen molar-refractivity contribution in [2.45, 2.75) is 18.9 Å². The molecule has 2 heterocycles. The topological polar surface area (TPSA) is 32.8 Å². The van der Waals surface area contributed by atoms with E-state index in [0.29, 0.717) is 6.42 Å². The molecule has 0 bridgehead atoms. The maximum absolute atomic E-state index is 12.5. The Hall–Kier alpha value is -1.55. The quantitative estimate of drug-likeness (QED) is 0.759. The number of carbonyl (C=O) groups is 1. The molecule has 1 fully saturated rings. The van der Waals surface area contributed by atoms with Crippen molar-refractivity contribution >= 4 is 5.91 Å². The van der Waals surface area contributed by atoms with E-state index in [0.717, 1.165) is 43.9 Å². The Labute approximate surface area is 113 Å². The molecule has 3 rings (SSSR count). The molecule has 1 amide bonds. The lowest BCUT2D eigenvalue weighted by Gasteiger charge is -2.23. The van der Waals surface area contributed by atoms with Gasteiger partial charge < -0.3 is 14.5 Å². The number of ether oxygens (including phenoxy) is 1. The first-order valence-electron chi connectivity index (χ1n) is 6.96. The van der Waals surface area contributed by atoms with Crippen LogP contribution in [0.4, 0.5) is 0 Å². The predicted octanol–water partition coefficient (Wildman–Crippen LogP) is 1.15. The minimum absolute atomic E-state index is 0.145. The van der Waals surface area contributed by atoms with Crippen LogP contribution in [0.1, 0.15) is 12.0 Å². The van der Waals surface area contributed by atoms with E-state index in [2.05, 4.69) is 11.9 Å². The predicted molar refractivity (Wildman–Crippen MR) is 73.3 cm³/mol. The molecule has 2 aliphatic heterocycles. The van der Waals surface area contributed by atoms with Gasteiger partial charge in [0.15, 0.2) is 6.10 Å². The van der Waals surface area contributed by atoms with Crippen molar-refractivity contribution in [3.8, 4) is 5.75 Å². The molecule has 1 aromatic carbocycles. The average Bonchev–Trinajstić information content (AvgIpc) is 2.74. The molecule has 102 valence electrons. The fraction of sp³-hybridized carbons (Fsp3) is 0.533. The van der Waals surface area contributed by atoms with Crippen LogP contribution in [0.5, 0.6) is 5.75 Å². The zero-order valence-corrected chi connectivity index (χ0v) is 11.3. The third-order valence-corrected chi connectivity index (χ3v) is 3.95. The summed E-state index contributed by atoms with van der Waals surface area (Å²) in [4.78, 5) is 16.7. The third-order valence-electron chi connectivity index (χ3n) is 3.95. The second-order valence-electron chi connectivity index (χ2n) is 5.40. The second kappa shape index (κ2) is 5.21. The smallest absolute Gasteiger partial charge is 0.264 e. The monoisotopic (exact) mass is 260 g/mol. The first kappa shape index (κ1) is 12.5. The summed E-state index contributed by atoms with van der Waals surface area (Å²) in [6.45, 7) is 3.67. The normalized spacial score (nSPS) is 23.6. The lowest BCUT2D eigenvalue weighted by molar-refractivity contribution is -0.137. The summed E-state index contributed by atoms with van der Waals surface area (Å²) in [5.41, 5.74) is 1.15. The Morgan fingerprint density at radius 3 is 2.89 bits per heavy atom. The Morgan fingerprint density at radius 2 is 2.05 bits per heavy atom. The number of rotatable bonds is 1. The van der Waals surface area contributed by atoms with E-state index in [1.807, 2.05) is 29.2 Å². The average molecular weight is 260 g/mol. The van der Waals surface area contributed by atoms with Gasteiger partial charge in [-0.25, -0.2) is 0 Å². The number of hydrogen-bond donors (Lipinski definition) is 0. The van der Waals surface area contributed by atoms with E-state index in [1.54, 1.807) is 0 Å². The lowest BCUT2D eigenvalue weighted by Crippen LogP contribution is -2.43. The van der Waals surface area contributed by atoms with Crippen molar-refractivity contribution in [1.29, 1.82) is 0 Å². The fourth-order valence-corrected chi connectivity index (χ4v) is 2.79. The van der Waals surface area contributed by atoms with Crippen LogP contribution in [-0.2, 0) is 11.2 Å². The number of nitrogens with zero attached hydrogens (tertiary/aromatic N) is 2. The van der Waals surface area contributed by atoms with Crippen molar-refractivity contribution in [2.24, 2.45) is 0 Å². The molecule has 1 atom stereocenters. The van der Waals surface area contributed by atoms with E-state index in [9.17, 15) is 4.79 Å². The van der Waals surface area contributed by atoms with Gasteiger partial charge in [-0.05, 0) is 31.6 Å². The van der Waals surface area contributed by atoms with Crippen molar-refractivity contribution in [3.63, 3.8) is 0 Å². The van der Waals surface area contributed by atoms with Gasteiger partial charge in [0, 0.05) is 26.1 Å². The highest BCUT2D eigenvalue weighted by molar-refractivity contribution is 5.82. The largest absolute Gasteiger partial charge is 0.480 e. The van der Waals surface area contributed by atoms with Crippen LogP contribution in [0.15, 0.2) is 24.3 Å². The highest BCUT2D eigenvalue weighted by atomic mass is 16.5. The van der Waals surface area contributed by atoms with Crippen LogP contribution in [0.3, 0.4) is 0 Å². The number of fused-ring (bicyclic) bond motifs is 1. The molecule has 0 spiro atoms. The highest BCUT2D eigenvalue weighted by Gasteiger charge is 2.32. The molecular formula is C15H20N2O2. The molecule has 1 saturated heterocycles. The Balaban J connectivity index is 1.66. The summed E-state index contributed by atoms with van der Waals surface area (Å²) in [6.07, 6.45) is 1.43. The van der Waals surface area contributed by atoms with E-state index >= 15 is 0 Å². The first-order chi connectivity index (χ1) is 9.24. The fourth-order valence-electron chi connectivity index (χ4n) is 2.79. The maximum atomic E-state index is 12.5. The molecule has 1 aromatic rings. The van der Waals surface area contributed by atoms with Gasteiger partial charge in [0.1, 0.15) is 5.75 Å². The van der Waals surface area contributed by atoms with Crippen LogP contribution in [0.25, 0.3) is 0 Å². The van der Waals surface area contributed by atoms with Gasteiger partial charge in [0.25, 0.3) is 5.91 Å². The van der Waals surface area contributed by atoms with Gasteiger partial charge in [-0.3, -0.25) is 4.79 Å². The Kier molecular flexibility index (Phi) is 3.42. The molecular weight excluding hydrogens is 240 g/mol. The van der Waals surface area contributed by atoms with Crippen LogP contribution in [-0.4, -0.2) is 55.0 Å². The summed E-state index contributed by atoms with van der Waals surface area (Å²) < 4.78 is 5.78. The summed E-state index contributed by atoms with van der Waals surface area (Å²) in [5.74, 6) is 1.01. The van der Waals surface area contributed by atoms with E-state index in [4.69, 9.17) is 4.74 Å². The summed E-state index contributed by atoms with van der Waals surface area (Å²) >= 11 is 0. The Morgan fingerprint density at radius 1 is 1.21 bits per heavy atom. The Bertz CT molecular complexity index is 450. The van der Waals surface area contributed by atoms with Crippen molar-refractivity contribution in [2.75, 3.05) is 33.2 Å². The lowest BCUT2D eigenvalue weighted by atomic mass is 10.1. The first-order valence-corrected chi connectivity index (χ1v) is 6.96. The molecule has 0 saturated carbocycles. The standard InChI is InChI=1S/C15H20N2O2/c1-16-7-4-8-17(10-9-16)15(18)14-11-12-5-2-3-6-13(12)19-14/h2-3,5-6,14H,4,7-11H2,1H3/t14-/m1/s1. The summed E-state index contributed by atoms with van der Waals surface area (Å²) in [5, 5.41) is 0. The second-order valence-corrected chi connectivity index (χ2v) is 5.40. The van der Waals surface area contributed by atoms with E-state index in [-0.39, 0.29) is 12.0 Å². The molecule has 19 heavy (non-hydrogen) atoms. The molecule has 4 heteroatoms. The number of likely N-dealkylation sites (N-methyl/N-ethyl adjacent to an activating group) is 1. The SMILES string of the molecule is CN1CCCN(C(=O)[C@H]2Cc3ccccc3O2)CC1. The molecule has 2 aliphatic rings. The van der Waals surface area contributed by atoms with Crippen LogP contribution >= 0.6 is 0 Å². The molecule has 0 unspecified atom stereocenters. The van der Waals surface area contributed by atoms with E-state index < -0.39 is 0 Å². The number of carbonyl (C=O) groups excluding carboxylic acids is 1. The molecule has 0 N–H and O–H groups in total. The number of para-hydroxylation sites is 1. The van der Waals surface area contributed by atoms with Gasteiger partial charge in [-0.2, -0.15) is 0 Å². The van der Waals surface area contributed by atoms with Crippen LogP contribution in [0, 0.1) is 0 Å². The molecule has 0 radical (unpaired) electrons. The van der Waals surface area contributed by atoms with Gasteiger partial charge in [-0.1, -0.05) is 18.2 Å². The minimum Gasteiger partial charge on any atom is -0.480 e. The van der Waals surface area contributed by atoms with Gasteiger partial charge >= 0.3 is 0 Å². The number of hydrogen-bond acceptors (Lipinski definition) is 3. The van der Waals surface area contributed by atoms with Gasteiger partial charge in [0.05, 0.1) is 0 Å². The van der Waals surface area contributed by atoms with Crippen molar-refractivity contribution in [3.05, 3.63) is 29.8 Å². The van der Waals surface area contributed by atoms with Crippen molar-refractivity contribution in [1.82, 2.24) is 9.80 Å². The number of amides is 1. The summed E-state index contributed by atoms with van der Waals surface area (Å²) in [6, 6.07) is 7.93. The third kappa shape index (κ3) is 2.59. The zero-order valence-electron chi connectivity index (χ0n) is 11.3. The van der Waals surface area contributed by atoms with Crippen LogP contribution in [0.2, 0.25) is 0 Å². The van der Waals surface area contributed by atoms with E-state index in [1.165, 1.54) is 0 Å². The maximum Gasteiger partial charge on any atom is 0.264 e. The van der Waals surface area contributed by atoms with Gasteiger partial charge in [-0.15, -0.1) is 0 Å². The van der Waals surface area contributed by atoms with Gasteiger partial charge in [0.2, 0.25) is 0 Å². The summed E-state index contributed by atoms with van der Waals surface area (Å²) in [7, 11) is 2.11. The number of benzene rings is 1. The zero-order chi connectivity index (χ0) is 13.2. The molecule has 0 aliphatic carbocycles. The molecule has 4 nitrogen and oxygen atoms in total.